The van der Waals surface area contributed by atoms with Crippen molar-refractivity contribution >= 4 is 17.7 Å². The number of anilines is 1. The van der Waals surface area contributed by atoms with Gasteiger partial charge in [-0.2, -0.15) is 0 Å². The molecule has 1 amide bonds. The van der Waals surface area contributed by atoms with Crippen molar-refractivity contribution in [2.45, 2.75) is 32.2 Å². The van der Waals surface area contributed by atoms with Crippen molar-refractivity contribution in [1.29, 1.82) is 0 Å². The van der Waals surface area contributed by atoms with Gasteiger partial charge in [-0.3, -0.25) is 9.79 Å². The lowest BCUT2D eigenvalue weighted by Crippen LogP contribution is -2.41. The number of aliphatic imine (C=N–C) groups is 1. The van der Waals surface area contributed by atoms with Crippen molar-refractivity contribution in [3.05, 3.63) is 23.9 Å². The Labute approximate surface area is 173 Å². The molecule has 1 saturated carbocycles. The van der Waals surface area contributed by atoms with Crippen LogP contribution in [0, 0.1) is 11.8 Å². The summed E-state index contributed by atoms with van der Waals surface area (Å²) < 4.78 is 5.74. The molecule has 2 aliphatic rings. The molecule has 0 radical (unpaired) electrons. The number of hydrogen-bond acceptors (Lipinski definition) is 5. The van der Waals surface area contributed by atoms with Crippen molar-refractivity contribution in [3.8, 4) is 0 Å². The number of nitrogens with one attached hydrogen (secondary N) is 1. The molecular weight excluding hydrogens is 368 g/mol. The number of nitrogens with two attached hydrogens (primary N) is 1. The number of primary amides is 1. The number of carbonyl (C=O) groups is 1. The fourth-order valence-corrected chi connectivity index (χ4v) is 3.63. The highest BCUT2D eigenvalue weighted by Crippen LogP contribution is 2.28. The Hall–Kier alpha value is -2.35. The number of ether oxygens (including phenoxy) is 1. The number of amides is 1. The number of hydrogen-bond donors (Lipinski definition) is 2. The number of guanidine groups is 1. The molecule has 0 bridgehead atoms. The highest BCUT2D eigenvalue weighted by atomic mass is 16.5. The number of pyridine rings is 1. The minimum absolute atomic E-state index is 0.0221. The minimum atomic E-state index is -0.194. The maximum Gasteiger partial charge on any atom is 0.220 e. The van der Waals surface area contributed by atoms with Gasteiger partial charge < -0.3 is 25.6 Å². The predicted molar refractivity (Wildman–Crippen MR) is 115 cm³/mol. The summed E-state index contributed by atoms with van der Waals surface area (Å²) >= 11 is 0. The van der Waals surface area contributed by atoms with E-state index in [1.807, 2.05) is 19.3 Å². The molecular formula is C21H34N6O2. The summed E-state index contributed by atoms with van der Waals surface area (Å²) in [5.74, 6) is 2.37. The summed E-state index contributed by atoms with van der Waals surface area (Å²) in [6, 6.07) is 4.04. The van der Waals surface area contributed by atoms with Gasteiger partial charge in [-0.25, -0.2) is 4.98 Å². The Morgan fingerprint density at radius 2 is 2.14 bits per heavy atom. The molecule has 2 fully saturated rings. The van der Waals surface area contributed by atoms with E-state index in [9.17, 15) is 4.79 Å². The van der Waals surface area contributed by atoms with Crippen LogP contribution in [0.5, 0.6) is 0 Å². The van der Waals surface area contributed by atoms with Gasteiger partial charge in [0.1, 0.15) is 5.82 Å². The molecule has 8 heteroatoms. The molecule has 160 valence electrons. The average Bonchev–Trinajstić information content (AvgIpc) is 3.56. The first-order valence-corrected chi connectivity index (χ1v) is 10.6. The molecule has 1 aromatic heterocycles. The van der Waals surface area contributed by atoms with Gasteiger partial charge in [-0.1, -0.05) is 6.07 Å². The Morgan fingerprint density at radius 3 is 2.79 bits per heavy atom. The third-order valence-corrected chi connectivity index (χ3v) is 5.70. The molecule has 0 unspecified atom stereocenters. The molecule has 29 heavy (non-hydrogen) atoms. The number of rotatable bonds is 9. The quantitative estimate of drug-likeness (QED) is 0.366. The van der Waals surface area contributed by atoms with E-state index >= 15 is 0 Å². The van der Waals surface area contributed by atoms with Crippen LogP contribution in [-0.2, 0) is 16.1 Å². The summed E-state index contributed by atoms with van der Waals surface area (Å²) in [6.45, 7) is 4.62. The molecule has 1 aromatic rings. The zero-order chi connectivity index (χ0) is 20.6. The number of likely N-dealkylation sites (N-methyl/N-ethyl adjacent to an activating group) is 1. The average molecular weight is 403 g/mol. The van der Waals surface area contributed by atoms with Crippen LogP contribution < -0.4 is 16.0 Å². The van der Waals surface area contributed by atoms with Gasteiger partial charge in [0.05, 0.1) is 6.61 Å². The van der Waals surface area contributed by atoms with E-state index < -0.39 is 0 Å². The SMILES string of the molecule is CN=C(NCc1cccnc1N1CCC(C(N)=O)CC1)N(C)CCOCC1CC1. The Morgan fingerprint density at radius 1 is 1.38 bits per heavy atom. The lowest BCUT2D eigenvalue weighted by Gasteiger charge is -2.32. The highest BCUT2D eigenvalue weighted by Gasteiger charge is 2.25. The summed E-state index contributed by atoms with van der Waals surface area (Å²) in [5, 5.41) is 3.43. The Balaban J connectivity index is 1.50. The molecule has 1 saturated heterocycles. The van der Waals surface area contributed by atoms with Gasteiger partial charge in [0.25, 0.3) is 0 Å². The maximum atomic E-state index is 11.4. The molecule has 0 spiro atoms. The van der Waals surface area contributed by atoms with E-state index in [0.29, 0.717) is 13.2 Å². The van der Waals surface area contributed by atoms with Crippen LogP contribution in [0.25, 0.3) is 0 Å². The molecule has 1 aliphatic carbocycles. The van der Waals surface area contributed by atoms with Gasteiger partial charge in [0, 0.05) is 64.6 Å². The van der Waals surface area contributed by atoms with Crippen LogP contribution in [0.3, 0.4) is 0 Å². The van der Waals surface area contributed by atoms with E-state index in [1.165, 1.54) is 12.8 Å². The largest absolute Gasteiger partial charge is 0.379 e. The van der Waals surface area contributed by atoms with Crippen molar-refractivity contribution < 1.29 is 9.53 Å². The van der Waals surface area contributed by atoms with E-state index in [1.54, 1.807) is 7.05 Å². The van der Waals surface area contributed by atoms with Gasteiger partial charge >= 0.3 is 0 Å². The van der Waals surface area contributed by atoms with Crippen LogP contribution >= 0.6 is 0 Å². The number of nitrogens with zero attached hydrogens (tertiary/aromatic N) is 4. The van der Waals surface area contributed by atoms with Crippen molar-refractivity contribution in [2.75, 3.05) is 51.8 Å². The number of carbonyl (C=O) groups excluding carboxylic acids is 1. The standard InChI is InChI=1S/C21H34N6O2/c1-23-21(26(2)12-13-29-15-16-5-6-16)25-14-18-4-3-9-24-20(18)27-10-7-17(8-11-27)19(22)28/h3-4,9,16-17H,5-8,10-15H2,1-2H3,(H2,22,28)(H,23,25). The van der Waals surface area contributed by atoms with Crippen LogP contribution in [-0.4, -0.2) is 68.7 Å². The molecule has 3 N–H and O–H groups in total. The van der Waals surface area contributed by atoms with Crippen LogP contribution in [0.4, 0.5) is 5.82 Å². The summed E-state index contributed by atoms with van der Waals surface area (Å²) in [7, 11) is 3.82. The van der Waals surface area contributed by atoms with Crippen molar-refractivity contribution in [1.82, 2.24) is 15.2 Å². The van der Waals surface area contributed by atoms with Crippen LogP contribution in [0.15, 0.2) is 23.3 Å². The van der Waals surface area contributed by atoms with E-state index in [-0.39, 0.29) is 11.8 Å². The van der Waals surface area contributed by atoms with E-state index in [4.69, 9.17) is 10.5 Å². The molecule has 0 atom stereocenters. The smallest absolute Gasteiger partial charge is 0.220 e. The topological polar surface area (TPSA) is 96.1 Å². The third kappa shape index (κ3) is 6.32. The zero-order valence-electron chi connectivity index (χ0n) is 17.6. The first-order valence-electron chi connectivity index (χ1n) is 10.6. The monoisotopic (exact) mass is 402 g/mol. The highest BCUT2D eigenvalue weighted by molar-refractivity contribution is 5.79. The van der Waals surface area contributed by atoms with Gasteiger partial charge in [-0.05, 0) is 37.7 Å². The van der Waals surface area contributed by atoms with Crippen molar-refractivity contribution in [2.24, 2.45) is 22.6 Å². The number of aromatic nitrogens is 1. The van der Waals surface area contributed by atoms with E-state index in [0.717, 1.165) is 62.3 Å². The Bertz CT molecular complexity index is 698. The maximum absolute atomic E-state index is 11.4. The second-order valence-corrected chi connectivity index (χ2v) is 7.99. The summed E-state index contributed by atoms with van der Waals surface area (Å²) in [6.07, 6.45) is 6.00. The lowest BCUT2D eigenvalue weighted by molar-refractivity contribution is -0.122. The van der Waals surface area contributed by atoms with Gasteiger partial charge in [0.15, 0.2) is 5.96 Å². The predicted octanol–water partition coefficient (Wildman–Crippen LogP) is 1.22. The molecule has 1 aliphatic heterocycles. The molecule has 0 aromatic carbocycles. The summed E-state index contributed by atoms with van der Waals surface area (Å²) in [4.78, 5) is 24.7. The molecule has 8 nitrogen and oxygen atoms in total. The van der Waals surface area contributed by atoms with Crippen molar-refractivity contribution in [3.63, 3.8) is 0 Å². The first-order chi connectivity index (χ1) is 14.1. The van der Waals surface area contributed by atoms with Crippen LogP contribution in [0.1, 0.15) is 31.2 Å². The third-order valence-electron chi connectivity index (χ3n) is 5.70. The Kier molecular flexibility index (Phi) is 7.69. The fourth-order valence-electron chi connectivity index (χ4n) is 3.63. The zero-order valence-corrected chi connectivity index (χ0v) is 17.6. The second kappa shape index (κ2) is 10.4. The second-order valence-electron chi connectivity index (χ2n) is 7.99. The minimum Gasteiger partial charge on any atom is -0.379 e. The lowest BCUT2D eigenvalue weighted by atomic mass is 9.96. The van der Waals surface area contributed by atoms with E-state index in [2.05, 4.69) is 31.2 Å². The fraction of sp³-hybridized carbons (Fsp3) is 0.667. The normalized spacial score (nSPS) is 18.0. The summed E-state index contributed by atoms with van der Waals surface area (Å²) in [5.41, 5.74) is 6.57. The molecule has 3 rings (SSSR count). The van der Waals surface area contributed by atoms with Crippen LogP contribution in [0.2, 0.25) is 0 Å². The van der Waals surface area contributed by atoms with Gasteiger partial charge in [-0.15, -0.1) is 0 Å². The van der Waals surface area contributed by atoms with Gasteiger partial charge in [0.2, 0.25) is 5.91 Å². The first kappa shape index (κ1) is 21.4. The molecule has 2 heterocycles. The number of piperidine rings is 1.